The second-order valence-corrected chi connectivity index (χ2v) is 5.91. The first-order valence-electron chi connectivity index (χ1n) is 6.24. The highest BCUT2D eigenvalue weighted by atomic mass is 32.2. The van der Waals surface area contributed by atoms with E-state index >= 15 is 0 Å². The fourth-order valence-electron chi connectivity index (χ4n) is 2.52. The normalized spacial score (nSPS) is 24.0. The molecule has 1 heterocycles. The van der Waals surface area contributed by atoms with Gasteiger partial charge in [0, 0.05) is 18.6 Å². The summed E-state index contributed by atoms with van der Waals surface area (Å²) in [7, 11) is 0. The van der Waals surface area contributed by atoms with Crippen LogP contribution in [0.1, 0.15) is 33.6 Å². The van der Waals surface area contributed by atoms with Gasteiger partial charge in [-0.05, 0) is 50.7 Å². The monoisotopic (exact) mass is 230 g/mol. The minimum Gasteiger partial charge on any atom is -0.329 e. The van der Waals surface area contributed by atoms with Crippen molar-refractivity contribution in [1.82, 2.24) is 4.90 Å². The molecule has 0 aliphatic carbocycles. The van der Waals surface area contributed by atoms with Gasteiger partial charge >= 0.3 is 0 Å². The molecule has 15 heavy (non-hydrogen) atoms. The van der Waals surface area contributed by atoms with E-state index in [-0.39, 0.29) is 0 Å². The van der Waals surface area contributed by atoms with E-state index in [1.165, 1.54) is 30.9 Å². The second kappa shape index (κ2) is 6.77. The fourth-order valence-corrected chi connectivity index (χ4v) is 3.85. The lowest BCUT2D eigenvalue weighted by Gasteiger charge is -2.37. The lowest BCUT2D eigenvalue weighted by atomic mass is 9.96. The molecular formula is C12H26N2S. The summed E-state index contributed by atoms with van der Waals surface area (Å²) in [6.07, 6.45) is 2.59. The first-order valence-corrected chi connectivity index (χ1v) is 7.39. The quantitative estimate of drug-likeness (QED) is 0.758. The largest absolute Gasteiger partial charge is 0.329 e. The van der Waals surface area contributed by atoms with Crippen LogP contribution in [0.3, 0.4) is 0 Å². The van der Waals surface area contributed by atoms with Gasteiger partial charge in [0.15, 0.2) is 0 Å². The van der Waals surface area contributed by atoms with E-state index in [1.807, 2.05) is 0 Å². The summed E-state index contributed by atoms with van der Waals surface area (Å²) >= 11 is 2.09. The zero-order valence-electron chi connectivity index (χ0n) is 10.4. The number of hydrogen-bond donors (Lipinski definition) is 1. The van der Waals surface area contributed by atoms with Crippen molar-refractivity contribution in [2.24, 2.45) is 11.7 Å². The van der Waals surface area contributed by atoms with Gasteiger partial charge in [0.2, 0.25) is 0 Å². The van der Waals surface area contributed by atoms with Crippen LogP contribution in [0.4, 0.5) is 0 Å². The standard InChI is InChI=1S/C12H26N2S/c1-4-6-14(10(2)3)12(8-13)11-5-7-15-9-11/h10-12H,4-9,13H2,1-3H3. The molecule has 1 aliphatic rings. The highest BCUT2D eigenvalue weighted by Gasteiger charge is 2.29. The minimum atomic E-state index is 0.611. The third-order valence-corrected chi connectivity index (χ3v) is 4.51. The maximum absolute atomic E-state index is 5.97. The van der Waals surface area contributed by atoms with Gasteiger partial charge in [-0.1, -0.05) is 6.92 Å². The van der Waals surface area contributed by atoms with Crippen LogP contribution in [-0.4, -0.2) is 41.6 Å². The molecule has 0 spiro atoms. The van der Waals surface area contributed by atoms with Crippen molar-refractivity contribution in [2.75, 3.05) is 24.6 Å². The maximum atomic E-state index is 5.97. The van der Waals surface area contributed by atoms with Crippen molar-refractivity contribution in [3.05, 3.63) is 0 Å². The van der Waals surface area contributed by atoms with Gasteiger partial charge in [0.1, 0.15) is 0 Å². The Kier molecular flexibility index (Phi) is 6.02. The van der Waals surface area contributed by atoms with Crippen LogP contribution in [0, 0.1) is 5.92 Å². The van der Waals surface area contributed by atoms with Gasteiger partial charge in [0.25, 0.3) is 0 Å². The van der Waals surface area contributed by atoms with Crippen LogP contribution in [-0.2, 0) is 0 Å². The summed E-state index contributed by atoms with van der Waals surface area (Å²) in [5.41, 5.74) is 5.97. The van der Waals surface area contributed by atoms with Crippen molar-refractivity contribution in [2.45, 2.75) is 45.7 Å². The Morgan fingerprint density at radius 1 is 1.47 bits per heavy atom. The molecule has 1 saturated heterocycles. The summed E-state index contributed by atoms with van der Waals surface area (Å²) in [5.74, 6) is 3.47. The first kappa shape index (κ1) is 13.3. The first-order chi connectivity index (χ1) is 7.20. The van der Waals surface area contributed by atoms with Gasteiger partial charge in [-0.15, -0.1) is 0 Å². The Morgan fingerprint density at radius 3 is 2.60 bits per heavy atom. The topological polar surface area (TPSA) is 29.3 Å². The van der Waals surface area contributed by atoms with E-state index in [0.717, 1.165) is 12.5 Å². The average molecular weight is 230 g/mol. The van der Waals surface area contributed by atoms with E-state index in [4.69, 9.17) is 5.73 Å². The Morgan fingerprint density at radius 2 is 2.20 bits per heavy atom. The minimum absolute atomic E-state index is 0.611. The molecule has 0 aromatic carbocycles. The van der Waals surface area contributed by atoms with Crippen LogP contribution >= 0.6 is 11.8 Å². The van der Waals surface area contributed by atoms with Crippen LogP contribution < -0.4 is 5.73 Å². The molecule has 2 unspecified atom stereocenters. The summed E-state index contributed by atoms with van der Waals surface area (Å²) < 4.78 is 0. The molecule has 3 heteroatoms. The highest BCUT2D eigenvalue weighted by Crippen LogP contribution is 2.29. The van der Waals surface area contributed by atoms with Crippen molar-refractivity contribution in [1.29, 1.82) is 0 Å². The summed E-state index contributed by atoms with van der Waals surface area (Å²) in [5, 5.41) is 0. The molecule has 1 rings (SSSR count). The second-order valence-electron chi connectivity index (χ2n) is 4.76. The highest BCUT2D eigenvalue weighted by molar-refractivity contribution is 7.99. The molecule has 2 nitrogen and oxygen atoms in total. The van der Waals surface area contributed by atoms with Crippen LogP contribution in [0.5, 0.6) is 0 Å². The van der Waals surface area contributed by atoms with Gasteiger partial charge < -0.3 is 5.73 Å². The molecule has 2 N–H and O–H groups in total. The number of hydrogen-bond acceptors (Lipinski definition) is 3. The molecule has 0 aromatic rings. The predicted molar refractivity (Wildman–Crippen MR) is 70.4 cm³/mol. The van der Waals surface area contributed by atoms with E-state index in [9.17, 15) is 0 Å². The smallest absolute Gasteiger partial charge is 0.0257 e. The van der Waals surface area contributed by atoms with E-state index in [0.29, 0.717) is 12.1 Å². The van der Waals surface area contributed by atoms with E-state index < -0.39 is 0 Å². The zero-order valence-corrected chi connectivity index (χ0v) is 11.2. The molecule has 90 valence electrons. The van der Waals surface area contributed by atoms with Crippen molar-refractivity contribution < 1.29 is 0 Å². The Bertz CT molecular complexity index is 167. The summed E-state index contributed by atoms with van der Waals surface area (Å²) in [4.78, 5) is 2.61. The molecule has 0 aromatic heterocycles. The molecule has 0 radical (unpaired) electrons. The lowest BCUT2D eigenvalue weighted by Crippen LogP contribution is -2.49. The lowest BCUT2D eigenvalue weighted by molar-refractivity contribution is 0.119. The van der Waals surface area contributed by atoms with Gasteiger partial charge in [-0.25, -0.2) is 0 Å². The van der Waals surface area contributed by atoms with Crippen molar-refractivity contribution >= 4 is 11.8 Å². The van der Waals surface area contributed by atoms with Gasteiger partial charge in [-0.3, -0.25) is 4.90 Å². The third kappa shape index (κ3) is 3.65. The average Bonchev–Trinajstić information content (AvgIpc) is 2.71. The summed E-state index contributed by atoms with van der Waals surface area (Å²) in [6.45, 7) is 8.86. The molecular weight excluding hydrogens is 204 g/mol. The van der Waals surface area contributed by atoms with Crippen molar-refractivity contribution in [3.63, 3.8) is 0 Å². The molecule has 0 amide bonds. The predicted octanol–water partition coefficient (Wildman–Crippen LogP) is 2.19. The molecule has 1 fully saturated rings. The molecule has 0 bridgehead atoms. The summed E-state index contributed by atoms with van der Waals surface area (Å²) in [6, 6.07) is 1.24. The van der Waals surface area contributed by atoms with Crippen LogP contribution in [0.15, 0.2) is 0 Å². The van der Waals surface area contributed by atoms with Crippen LogP contribution in [0.2, 0.25) is 0 Å². The van der Waals surface area contributed by atoms with Gasteiger partial charge in [0.05, 0.1) is 0 Å². The Labute approximate surface area is 99.0 Å². The number of rotatable bonds is 6. The zero-order chi connectivity index (χ0) is 11.3. The van der Waals surface area contributed by atoms with E-state index in [1.54, 1.807) is 0 Å². The maximum Gasteiger partial charge on any atom is 0.0257 e. The number of thioether (sulfide) groups is 1. The fraction of sp³-hybridized carbons (Fsp3) is 1.00. The molecule has 1 aliphatic heterocycles. The Balaban J connectivity index is 2.59. The van der Waals surface area contributed by atoms with Crippen molar-refractivity contribution in [3.8, 4) is 0 Å². The van der Waals surface area contributed by atoms with Gasteiger partial charge in [-0.2, -0.15) is 11.8 Å². The van der Waals surface area contributed by atoms with E-state index in [2.05, 4.69) is 37.4 Å². The van der Waals surface area contributed by atoms with Crippen LogP contribution in [0.25, 0.3) is 0 Å². The SMILES string of the molecule is CCCN(C(C)C)C(CN)C1CCSC1. The number of nitrogens with two attached hydrogens (primary N) is 1. The molecule has 0 saturated carbocycles. The Hall–Kier alpha value is 0.270. The third-order valence-electron chi connectivity index (χ3n) is 3.32. The number of nitrogens with zero attached hydrogens (tertiary/aromatic N) is 1. The molecule has 2 atom stereocenters.